The summed E-state index contributed by atoms with van der Waals surface area (Å²) in [6.07, 6.45) is 2.90. The molecule has 0 spiro atoms. The summed E-state index contributed by atoms with van der Waals surface area (Å²) in [5.74, 6) is 0.0739. The fraction of sp³-hybridized carbons (Fsp3) is 0.909. The maximum atomic E-state index is 12.3. The van der Waals surface area contributed by atoms with Crippen LogP contribution in [-0.4, -0.2) is 44.2 Å². The first-order chi connectivity index (χ1) is 12.4. The maximum Gasteiger partial charge on any atom is 0.161 e. The molecule has 152 valence electrons. The Morgan fingerprint density at radius 1 is 1.15 bits per heavy atom. The van der Waals surface area contributed by atoms with Crippen molar-refractivity contribution in [2.75, 3.05) is 0 Å². The third-order valence-electron chi connectivity index (χ3n) is 9.74. The zero-order chi connectivity index (χ0) is 20.0. The van der Waals surface area contributed by atoms with Crippen molar-refractivity contribution in [3.8, 4) is 0 Å². The highest BCUT2D eigenvalue weighted by Crippen LogP contribution is 2.69. The Hall–Kier alpha value is -0.780. The molecule has 3 N–H and O–H groups in total. The van der Waals surface area contributed by atoms with Gasteiger partial charge >= 0.3 is 0 Å². The number of ketones is 2. The minimum atomic E-state index is -1.37. The fourth-order valence-corrected chi connectivity index (χ4v) is 8.17. The SMILES string of the molecule is CC(=O)[C@@]1(O)CC[C@H]2[C@@H]3C[C@H](C)[C@]4(O)CC(=O)CC[C@]4(C)[C@H]3[C@@H](O)C[C@@]21C. The van der Waals surface area contributed by atoms with Crippen LogP contribution in [0.15, 0.2) is 0 Å². The smallest absolute Gasteiger partial charge is 0.161 e. The number of hydrogen-bond donors (Lipinski definition) is 3. The number of aliphatic hydroxyl groups is 3. The molecule has 0 aromatic carbocycles. The molecule has 4 fully saturated rings. The molecule has 9 atom stereocenters. The molecule has 5 nitrogen and oxygen atoms in total. The highest BCUT2D eigenvalue weighted by molar-refractivity contribution is 5.86. The summed E-state index contributed by atoms with van der Waals surface area (Å²) >= 11 is 0. The average Bonchev–Trinajstić information content (AvgIpc) is 2.83. The lowest BCUT2D eigenvalue weighted by molar-refractivity contribution is -0.257. The van der Waals surface area contributed by atoms with Crippen molar-refractivity contribution in [3.63, 3.8) is 0 Å². The first-order valence-electron chi connectivity index (χ1n) is 10.6. The van der Waals surface area contributed by atoms with E-state index in [2.05, 4.69) is 6.92 Å². The van der Waals surface area contributed by atoms with E-state index in [0.29, 0.717) is 25.7 Å². The Morgan fingerprint density at radius 2 is 1.81 bits per heavy atom. The van der Waals surface area contributed by atoms with Crippen molar-refractivity contribution in [1.29, 1.82) is 0 Å². The van der Waals surface area contributed by atoms with Gasteiger partial charge in [-0.3, -0.25) is 9.59 Å². The Labute approximate surface area is 161 Å². The van der Waals surface area contributed by atoms with Crippen LogP contribution >= 0.6 is 0 Å². The number of Topliss-reactive ketones (excluding diaryl/α,β-unsaturated/α-hetero) is 2. The number of hydrogen-bond acceptors (Lipinski definition) is 5. The molecule has 4 aliphatic carbocycles. The largest absolute Gasteiger partial charge is 0.393 e. The number of carbonyl (C=O) groups excluding carboxylic acids is 2. The third kappa shape index (κ3) is 2.17. The number of rotatable bonds is 1. The van der Waals surface area contributed by atoms with Crippen molar-refractivity contribution in [1.82, 2.24) is 0 Å². The van der Waals surface area contributed by atoms with Crippen molar-refractivity contribution in [3.05, 3.63) is 0 Å². The van der Waals surface area contributed by atoms with Gasteiger partial charge < -0.3 is 15.3 Å². The fourth-order valence-electron chi connectivity index (χ4n) is 8.17. The topological polar surface area (TPSA) is 94.8 Å². The Bertz CT molecular complexity index is 690. The summed E-state index contributed by atoms with van der Waals surface area (Å²) in [4.78, 5) is 24.5. The van der Waals surface area contributed by atoms with Crippen molar-refractivity contribution < 1.29 is 24.9 Å². The molecule has 0 heterocycles. The van der Waals surface area contributed by atoms with E-state index in [4.69, 9.17) is 0 Å². The van der Waals surface area contributed by atoms with Crippen LogP contribution in [0.1, 0.15) is 72.6 Å². The van der Waals surface area contributed by atoms with E-state index in [-0.39, 0.29) is 41.7 Å². The lowest BCUT2D eigenvalue weighted by Crippen LogP contribution is -2.69. The minimum Gasteiger partial charge on any atom is -0.393 e. The van der Waals surface area contributed by atoms with E-state index in [0.717, 1.165) is 12.8 Å². The van der Waals surface area contributed by atoms with Crippen LogP contribution in [0.4, 0.5) is 0 Å². The normalized spacial score (nSPS) is 57.6. The lowest BCUT2D eigenvalue weighted by Gasteiger charge is -2.66. The van der Waals surface area contributed by atoms with Gasteiger partial charge in [-0.2, -0.15) is 0 Å². The van der Waals surface area contributed by atoms with Gasteiger partial charge in [-0.05, 0) is 62.7 Å². The van der Waals surface area contributed by atoms with Crippen LogP contribution in [0.2, 0.25) is 0 Å². The summed E-state index contributed by atoms with van der Waals surface area (Å²) in [5, 5.41) is 34.1. The molecule has 0 radical (unpaired) electrons. The molecule has 4 saturated carbocycles. The van der Waals surface area contributed by atoms with Crippen LogP contribution in [0, 0.1) is 34.5 Å². The third-order valence-corrected chi connectivity index (χ3v) is 9.74. The zero-order valence-electron chi connectivity index (χ0n) is 17.0. The van der Waals surface area contributed by atoms with Gasteiger partial charge in [0, 0.05) is 23.7 Å². The standard InChI is InChI=1S/C22H34O5/c1-12-9-15-16-6-8-21(26,13(2)23)20(16,4)11-17(25)18(15)19(3)7-5-14(24)10-22(12,19)27/h12,15-18,25-27H,5-11H2,1-4H3/t12-,15-,16-,17-,18+,19+,20-,21-,22+/m0/s1. The van der Waals surface area contributed by atoms with Gasteiger partial charge in [0.05, 0.1) is 11.7 Å². The van der Waals surface area contributed by atoms with Gasteiger partial charge in [0.2, 0.25) is 0 Å². The highest BCUT2D eigenvalue weighted by atomic mass is 16.3. The second-order valence-electron chi connectivity index (χ2n) is 10.6. The number of aliphatic hydroxyl groups excluding tert-OH is 1. The molecule has 0 saturated heterocycles. The van der Waals surface area contributed by atoms with E-state index in [9.17, 15) is 24.9 Å². The second-order valence-corrected chi connectivity index (χ2v) is 10.6. The quantitative estimate of drug-likeness (QED) is 0.650. The second kappa shape index (κ2) is 5.64. The summed E-state index contributed by atoms with van der Waals surface area (Å²) < 4.78 is 0. The lowest BCUT2D eigenvalue weighted by atomic mass is 9.40. The molecule has 0 aromatic heterocycles. The Morgan fingerprint density at radius 3 is 2.44 bits per heavy atom. The van der Waals surface area contributed by atoms with Crippen LogP contribution in [0.25, 0.3) is 0 Å². The van der Waals surface area contributed by atoms with Gasteiger partial charge in [0.15, 0.2) is 5.78 Å². The molecule has 0 bridgehead atoms. The zero-order valence-corrected chi connectivity index (χ0v) is 17.0. The molecular formula is C22H34O5. The summed E-state index contributed by atoms with van der Waals surface area (Å²) in [6, 6.07) is 0. The molecule has 4 rings (SSSR count). The molecule has 4 aliphatic rings. The molecule has 27 heavy (non-hydrogen) atoms. The molecular weight excluding hydrogens is 344 g/mol. The van der Waals surface area contributed by atoms with E-state index < -0.39 is 28.1 Å². The summed E-state index contributed by atoms with van der Waals surface area (Å²) in [6.45, 7) is 7.52. The molecule has 0 aromatic rings. The summed E-state index contributed by atoms with van der Waals surface area (Å²) in [5.41, 5.74) is -3.59. The number of carbonyl (C=O) groups is 2. The van der Waals surface area contributed by atoms with Gasteiger partial charge in [-0.1, -0.05) is 20.8 Å². The Kier molecular flexibility index (Phi) is 4.08. The van der Waals surface area contributed by atoms with Gasteiger partial charge in [-0.15, -0.1) is 0 Å². The first-order valence-corrected chi connectivity index (χ1v) is 10.6. The minimum absolute atomic E-state index is 0.0476. The van der Waals surface area contributed by atoms with E-state index in [1.165, 1.54) is 6.92 Å². The van der Waals surface area contributed by atoms with Crippen molar-refractivity contribution >= 4 is 11.6 Å². The van der Waals surface area contributed by atoms with Crippen LogP contribution in [-0.2, 0) is 9.59 Å². The maximum absolute atomic E-state index is 12.3. The van der Waals surface area contributed by atoms with Crippen LogP contribution in [0.5, 0.6) is 0 Å². The summed E-state index contributed by atoms with van der Waals surface area (Å²) in [7, 11) is 0. The molecule has 0 unspecified atom stereocenters. The Balaban J connectivity index is 1.78. The predicted octanol–water partition coefficient (Wildman–Crippen LogP) is 2.25. The monoisotopic (exact) mass is 378 g/mol. The van der Waals surface area contributed by atoms with Gasteiger partial charge in [0.25, 0.3) is 0 Å². The van der Waals surface area contributed by atoms with Crippen molar-refractivity contribution in [2.24, 2.45) is 34.5 Å². The molecule has 0 amide bonds. The first kappa shape index (κ1) is 19.5. The van der Waals surface area contributed by atoms with E-state index in [1.54, 1.807) is 0 Å². The van der Waals surface area contributed by atoms with E-state index in [1.807, 2.05) is 13.8 Å². The van der Waals surface area contributed by atoms with Crippen molar-refractivity contribution in [2.45, 2.75) is 89.9 Å². The number of fused-ring (bicyclic) bond motifs is 5. The molecule has 0 aliphatic heterocycles. The molecule has 5 heteroatoms. The average molecular weight is 379 g/mol. The predicted molar refractivity (Wildman–Crippen MR) is 99.8 cm³/mol. The van der Waals surface area contributed by atoms with Gasteiger partial charge in [0.1, 0.15) is 11.4 Å². The van der Waals surface area contributed by atoms with Crippen LogP contribution in [0.3, 0.4) is 0 Å². The van der Waals surface area contributed by atoms with Gasteiger partial charge in [-0.25, -0.2) is 0 Å². The van der Waals surface area contributed by atoms with E-state index >= 15 is 0 Å². The van der Waals surface area contributed by atoms with Crippen LogP contribution < -0.4 is 0 Å². The highest BCUT2D eigenvalue weighted by Gasteiger charge is 2.71.